The molecule has 0 saturated heterocycles. The average Bonchev–Trinajstić information content (AvgIpc) is 2.98. The van der Waals surface area contributed by atoms with Gasteiger partial charge in [-0.1, -0.05) is 99.9 Å². The molecule has 5 heteroatoms. The molecule has 0 amide bonds. The monoisotopic (exact) mass is 581 g/mol. The molecule has 0 N–H and O–H groups in total. The van der Waals surface area contributed by atoms with E-state index in [2.05, 4.69) is 95.7 Å². The Bertz CT molecular complexity index is 1390. The number of aryl methyl sites for hydroxylation is 4. The zero-order chi connectivity index (χ0) is 31.0. The lowest BCUT2D eigenvalue weighted by Gasteiger charge is -2.14. The summed E-state index contributed by atoms with van der Waals surface area (Å²) >= 11 is 0. The second kappa shape index (κ2) is 18.0. The minimum Gasteiger partial charge on any atom is -0.493 e. The Kier molecular flexibility index (Phi) is 14.2. The van der Waals surface area contributed by atoms with Gasteiger partial charge >= 0.3 is 0 Å². The molecular formula is C38H51N3O2. The molecule has 43 heavy (non-hydrogen) atoms. The van der Waals surface area contributed by atoms with Gasteiger partial charge in [0.2, 0.25) is 0 Å². The number of rotatable bonds is 16. The Balaban J connectivity index is 1.92. The molecule has 0 aliphatic rings. The molecule has 230 valence electrons. The number of nitrogens with zero attached hydrogens (tertiary/aromatic N) is 3. The van der Waals surface area contributed by atoms with E-state index < -0.39 is 0 Å². The smallest absolute Gasteiger partial charge is 0.161 e. The van der Waals surface area contributed by atoms with Crippen LogP contribution in [0.1, 0.15) is 104 Å². The van der Waals surface area contributed by atoms with Crippen LogP contribution < -0.4 is 9.47 Å². The zero-order valence-corrected chi connectivity index (χ0v) is 27.3. The number of unbranched alkanes of at least 4 members (excludes halogenated alkanes) is 6. The molecule has 3 rings (SSSR count). The predicted octanol–water partition coefficient (Wildman–Crippen LogP) is 9.93. The summed E-state index contributed by atoms with van der Waals surface area (Å²) in [6.45, 7) is 18.4. The molecule has 0 heterocycles. The van der Waals surface area contributed by atoms with Crippen LogP contribution in [0.4, 0.5) is 0 Å². The molecule has 0 aliphatic heterocycles. The van der Waals surface area contributed by atoms with Crippen LogP contribution in [0.2, 0.25) is 0 Å². The highest BCUT2D eigenvalue weighted by Crippen LogP contribution is 2.27. The van der Waals surface area contributed by atoms with Gasteiger partial charge in [-0.05, 0) is 70.5 Å². The van der Waals surface area contributed by atoms with Gasteiger partial charge < -0.3 is 9.47 Å². The number of hydrogen-bond acceptors (Lipinski definition) is 3. The summed E-state index contributed by atoms with van der Waals surface area (Å²) in [4.78, 5) is 14.4. The van der Waals surface area contributed by atoms with Crippen molar-refractivity contribution in [3.8, 4) is 11.5 Å². The van der Waals surface area contributed by atoms with E-state index in [0.717, 1.165) is 65.2 Å². The third-order valence-corrected chi connectivity index (χ3v) is 7.57. The summed E-state index contributed by atoms with van der Waals surface area (Å²) in [6, 6.07) is 18.7. The van der Waals surface area contributed by atoms with Gasteiger partial charge in [0.1, 0.15) is 11.5 Å². The number of benzene rings is 3. The van der Waals surface area contributed by atoms with Crippen molar-refractivity contribution in [3.63, 3.8) is 0 Å². The second-order valence-electron chi connectivity index (χ2n) is 11.5. The molecule has 0 aliphatic carbocycles. The van der Waals surface area contributed by atoms with Gasteiger partial charge in [0.05, 0.1) is 19.8 Å². The van der Waals surface area contributed by atoms with Gasteiger partial charge in [-0.2, -0.15) is 0 Å². The first-order chi connectivity index (χ1) is 20.9. The first-order valence-corrected chi connectivity index (χ1v) is 16.0. The van der Waals surface area contributed by atoms with Crippen molar-refractivity contribution in [2.45, 2.75) is 99.5 Å². The van der Waals surface area contributed by atoms with Crippen LogP contribution >= 0.6 is 0 Å². The van der Waals surface area contributed by atoms with Crippen molar-refractivity contribution in [2.24, 2.45) is 15.0 Å². The highest BCUT2D eigenvalue weighted by atomic mass is 16.5. The molecule has 3 aromatic carbocycles. The van der Waals surface area contributed by atoms with Gasteiger partial charge in [0, 0.05) is 22.8 Å². The Morgan fingerprint density at radius 3 is 1.88 bits per heavy atom. The molecule has 0 spiro atoms. The van der Waals surface area contributed by atoms with Crippen LogP contribution in [0.25, 0.3) is 0 Å². The summed E-state index contributed by atoms with van der Waals surface area (Å²) in [5.74, 6) is 2.85. The molecule has 0 aromatic heterocycles. The maximum Gasteiger partial charge on any atom is 0.161 e. The average molecular weight is 582 g/mol. The second-order valence-corrected chi connectivity index (χ2v) is 11.5. The van der Waals surface area contributed by atoms with Crippen LogP contribution in [-0.2, 0) is 6.54 Å². The van der Waals surface area contributed by atoms with Crippen LogP contribution in [0, 0.1) is 27.7 Å². The van der Waals surface area contributed by atoms with Crippen molar-refractivity contribution in [1.29, 1.82) is 0 Å². The number of hydrogen-bond donors (Lipinski definition) is 0. The van der Waals surface area contributed by atoms with E-state index in [4.69, 9.17) is 19.5 Å². The third-order valence-electron chi connectivity index (χ3n) is 7.57. The van der Waals surface area contributed by atoms with Crippen LogP contribution in [-0.4, -0.2) is 31.6 Å². The van der Waals surface area contributed by atoms with Gasteiger partial charge in [0.25, 0.3) is 0 Å². The normalized spacial score (nSPS) is 12.0. The minimum absolute atomic E-state index is 0.419. The van der Waals surface area contributed by atoms with E-state index in [9.17, 15) is 0 Å². The minimum atomic E-state index is 0.419. The Labute approximate surface area is 260 Å². The Hall–Kier alpha value is -3.73. The summed E-state index contributed by atoms with van der Waals surface area (Å²) in [6.07, 6.45) is 9.51. The molecule has 0 bridgehead atoms. The maximum absolute atomic E-state index is 6.25. The summed E-state index contributed by atoms with van der Waals surface area (Å²) in [7, 11) is 0. The van der Waals surface area contributed by atoms with E-state index in [1.807, 2.05) is 12.1 Å². The highest BCUT2D eigenvalue weighted by Gasteiger charge is 2.13. The lowest BCUT2D eigenvalue weighted by Crippen LogP contribution is -2.09. The maximum atomic E-state index is 6.25. The van der Waals surface area contributed by atoms with E-state index >= 15 is 0 Å². The van der Waals surface area contributed by atoms with E-state index in [1.165, 1.54) is 43.2 Å². The fraction of sp³-hybridized carbons (Fsp3) is 0.447. The van der Waals surface area contributed by atoms with Crippen LogP contribution in [0.5, 0.6) is 11.5 Å². The fourth-order valence-electron chi connectivity index (χ4n) is 5.04. The van der Waals surface area contributed by atoms with Crippen molar-refractivity contribution in [3.05, 3.63) is 93.5 Å². The van der Waals surface area contributed by atoms with Crippen LogP contribution in [0.15, 0.2) is 69.6 Å². The van der Waals surface area contributed by atoms with E-state index in [1.54, 1.807) is 0 Å². The van der Waals surface area contributed by atoms with Crippen molar-refractivity contribution in [2.75, 3.05) is 13.2 Å². The SMILES string of the molecule is C=NC(=NC(=NCc1ccc(OCCCCCCCC)cc1OCCCC)c1ccc(C)cc1C)c1ccc(C)cc1C. The predicted molar refractivity (Wildman–Crippen MR) is 184 cm³/mol. The first kappa shape index (κ1) is 33.8. The third kappa shape index (κ3) is 10.8. The quantitative estimate of drug-likeness (QED) is 0.0960. The number of ether oxygens (including phenoxy) is 2. The molecule has 5 nitrogen and oxygen atoms in total. The van der Waals surface area contributed by atoms with Gasteiger partial charge in [0.15, 0.2) is 11.7 Å². The summed E-state index contributed by atoms with van der Waals surface area (Å²) in [5.41, 5.74) is 7.54. The Morgan fingerprint density at radius 1 is 0.651 bits per heavy atom. The molecular weight excluding hydrogens is 530 g/mol. The van der Waals surface area contributed by atoms with Crippen LogP contribution in [0.3, 0.4) is 0 Å². The van der Waals surface area contributed by atoms with Crippen molar-refractivity contribution < 1.29 is 9.47 Å². The molecule has 0 radical (unpaired) electrons. The first-order valence-electron chi connectivity index (χ1n) is 16.0. The summed E-state index contributed by atoms with van der Waals surface area (Å²) < 4.78 is 12.4. The lowest BCUT2D eigenvalue weighted by molar-refractivity contribution is 0.290. The van der Waals surface area contributed by atoms with E-state index in [0.29, 0.717) is 24.8 Å². The highest BCUT2D eigenvalue weighted by molar-refractivity contribution is 6.13. The van der Waals surface area contributed by atoms with Crippen molar-refractivity contribution in [1.82, 2.24) is 0 Å². The topological polar surface area (TPSA) is 55.5 Å². The molecule has 0 saturated carbocycles. The lowest BCUT2D eigenvalue weighted by atomic mass is 10.0. The molecule has 0 fully saturated rings. The van der Waals surface area contributed by atoms with Gasteiger partial charge in [-0.25, -0.2) is 9.98 Å². The zero-order valence-electron chi connectivity index (χ0n) is 27.3. The van der Waals surface area contributed by atoms with Gasteiger partial charge in [-0.15, -0.1) is 0 Å². The van der Waals surface area contributed by atoms with Crippen molar-refractivity contribution >= 4 is 18.4 Å². The fourth-order valence-corrected chi connectivity index (χ4v) is 5.04. The number of aliphatic imine (C=N–C) groups is 3. The van der Waals surface area contributed by atoms with E-state index in [-0.39, 0.29) is 0 Å². The molecule has 3 aromatic rings. The standard InChI is InChI=1S/C38H51N3O2/c1-8-10-12-13-14-15-23-42-33-19-18-32(36(26-33)43-22-11-9-2)27-40-38(35-21-17-29(4)25-31(35)6)41-37(39-7)34-20-16-28(3)24-30(34)5/h16-21,24-26H,7-15,22-23,27H2,1-6H3. The van der Waals surface area contributed by atoms with Gasteiger partial charge in [-0.3, -0.25) is 4.99 Å². The molecule has 0 unspecified atom stereocenters. The summed E-state index contributed by atoms with van der Waals surface area (Å²) in [5, 5.41) is 0. The largest absolute Gasteiger partial charge is 0.493 e. The Morgan fingerprint density at radius 2 is 1.26 bits per heavy atom. The number of amidine groups is 2. The molecule has 0 atom stereocenters.